The summed E-state index contributed by atoms with van der Waals surface area (Å²) in [7, 11) is 0. The molecule has 2 heterocycles. The van der Waals surface area contributed by atoms with E-state index in [1.165, 1.54) is 0 Å². The van der Waals surface area contributed by atoms with Crippen molar-refractivity contribution in [2.75, 3.05) is 52.7 Å². The van der Waals surface area contributed by atoms with E-state index < -0.39 is 0 Å². The monoisotopic (exact) mass is 426 g/mol. The fraction of sp³-hybridized carbons (Fsp3) is 0.458. The molecule has 2 aromatic carbocycles. The minimum Gasteiger partial charge on any atom is -0.484 e. The number of nitrogens with zero attached hydrogens (tertiary/aromatic N) is 2. The third-order valence-electron chi connectivity index (χ3n) is 5.81. The summed E-state index contributed by atoms with van der Waals surface area (Å²) in [6.45, 7) is 4.58. The van der Waals surface area contributed by atoms with Gasteiger partial charge in [-0.15, -0.1) is 0 Å². The number of aliphatic hydroxyl groups is 1. The molecule has 4 rings (SSSR count). The maximum absolute atomic E-state index is 12.2. The summed E-state index contributed by atoms with van der Waals surface area (Å²) in [5, 5.41) is 9.83. The average molecular weight is 427 g/mol. The number of ether oxygens (including phenoxy) is 3. The minimum absolute atomic E-state index is 0.00187. The van der Waals surface area contributed by atoms with E-state index in [1.807, 2.05) is 42.5 Å². The van der Waals surface area contributed by atoms with Gasteiger partial charge in [-0.1, -0.05) is 42.5 Å². The number of hydrogen-bond acceptors (Lipinski definition) is 6. The number of morpholine rings is 2. The number of benzene rings is 2. The average Bonchev–Trinajstić information content (AvgIpc) is 2.84. The van der Waals surface area contributed by atoms with Gasteiger partial charge in [-0.05, 0) is 23.3 Å². The summed E-state index contributed by atoms with van der Waals surface area (Å²) in [6, 6.07) is 18.1. The highest BCUT2D eigenvalue weighted by atomic mass is 16.5. The lowest BCUT2D eigenvalue weighted by molar-refractivity contribution is -0.137. The maximum atomic E-state index is 12.2. The molecule has 2 saturated heterocycles. The van der Waals surface area contributed by atoms with Gasteiger partial charge >= 0.3 is 0 Å². The smallest absolute Gasteiger partial charge is 0.260 e. The molecule has 7 nitrogen and oxygen atoms in total. The van der Waals surface area contributed by atoms with Crippen LogP contribution in [0.25, 0.3) is 0 Å². The molecular formula is C24H30N2O5. The van der Waals surface area contributed by atoms with Crippen molar-refractivity contribution in [3.63, 3.8) is 0 Å². The molecule has 2 aliphatic rings. The predicted octanol–water partition coefficient (Wildman–Crippen LogP) is 1.86. The summed E-state index contributed by atoms with van der Waals surface area (Å²) in [6.07, 6.45) is -0.245. The summed E-state index contributed by atoms with van der Waals surface area (Å²) in [5.41, 5.74) is 2.29. The third-order valence-corrected chi connectivity index (χ3v) is 5.81. The van der Waals surface area contributed by atoms with Crippen molar-refractivity contribution in [2.45, 2.75) is 18.7 Å². The lowest BCUT2D eigenvalue weighted by Gasteiger charge is -2.41. The summed E-state index contributed by atoms with van der Waals surface area (Å²) in [5.74, 6) is 0.668. The van der Waals surface area contributed by atoms with Crippen LogP contribution in [0.15, 0.2) is 54.6 Å². The Hall–Kier alpha value is -2.45. The van der Waals surface area contributed by atoms with E-state index in [2.05, 4.69) is 17.0 Å². The van der Waals surface area contributed by atoms with Crippen LogP contribution in [0.2, 0.25) is 0 Å². The molecule has 0 bridgehead atoms. The Bertz CT molecular complexity index is 824. The second kappa shape index (κ2) is 10.7. The van der Waals surface area contributed by atoms with Gasteiger partial charge in [0, 0.05) is 26.2 Å². The van der Waals surface area contributed by atoms with Gasteiger partial charge in [0.25, 0.3) is 5.91 Å². The highest BCUT2D eigenvalue weighted by Crippen LogP contribution is 2.31. The summed E-state index contributed by atoms with van der Waals surface area (Å²) >= 11 is 0. The molecule has 1 amide bonds. The van der Waals surface area contributed by atoms with Gasteiger partial charge in [-0.2, -0.15) is 0 Å². The Morgan fingerprint density at radius 2 is 1.74 bits per heavy atom. The Kier molecular flexibility index (Phi) is 7.53. The zero-order valence-corrected chi connectivity index (χ0v) is 17.7. The van der Waals surface area contributed by atoms with E-state index in [0.29, 0.717) is 38.7 Å². The van der Waals surface area contributed by atoms with Crippen molar-refractivity contribution in [3.8, 4) is 5.75 Å². The number of amides is 1. The van der Waals surface area contributed by atoms with Crippen molar-refractivity contribution < 1.29 is 24.1 Å². The van der Waals surface area contributed by atoms with Crippen molar-refractivity contribution in [1.29, 1.82) is 0 Å². The normalized spacial score (nSPS) is 22.3. The first kappa shape index (κ1) is 21.8. The standard InChI is InChI=1S/C24H30N2O5/c27-17-22-24(20-4-2-1-3-5-20)26(12-15-30-22)16-19-6-8-21(9-7-19)31-18-23(28)25-10-13-29-14-11-25/h1-9,22,24,27H,10-18H2/t22-,24-/m1/s1. The molecule has 0 radical (unpaired) electrons. The molecule has 166 valence electrons. The topological polar surface area (TPSA) is 71.5 Å². The number of hydrogen-bond donors (Lipinski definition) is 1. The van der Waals surface area contributed by atoms with Crippen LogP contribution >= 0.6 is 0 Å². The second-order valence-corrected chi connectivity index (χ2v) is 7.84. The van der Waals surface area contributed by atoms with Crippen molar-refractivity contribution in [2.24, 2.45) is 0 Å². The predicted molar refractivity (Wildman–Crippen MR) is 116 cm³/mol. The molecule has 1 N–H and O–H groups in total. The Morgan fingerprint density at radius 1 is 1.00 bits per heavy atom. The van der Waals surface area contributed by atoms with E-state index >= 15 is 0 Å². The number of rotatable bonds is 7. The molecule has 31 heavy (non-hydrogen) atoms. The highest BCUT2D eigenvalue weighted by Gasteiger charge is 2.33. The number of aliphatic hydroxyl groups excluding tert-OH is 1. The van der Waals surface area contributed by atoms with Crippen molar-refractivity contribution in [1.82, 2.24) is 9.80 Å². The largest absolute Gasteiger partial charge is 0.484 e. The molecule has 0 aliphatic carbocycles. The third kappa shape index (κ3) is 5.62. The van der Waals surface area contributed by atoms with Crippen LogP contribution in [-0.4, -0.2) is 79.6 Å². The Labute approximate surface area is 183 Å². The van der Waals surface area contributed by atoms with Crippen molar-refractivity contribution in [3.05, 3.63) is 65.7 Å². The number of carbonyl (C=O) groups excluding carboxylic acids is 1. The van der Waals surface area contributed by atoms with Crippen LogP contribution in [0, 0.1) is 0 Å². The molecule has 0 unspecified atom stereocenters. The summed E-state index contributed by atoms with van der Waals surface area (Å²) in [4.78, 5) is 16.4. The molecule has 2 fully saturated rings. The first-order valence-electron chi connectivity index (χ1n) is 10.8. The second-order valence-electron chi connectivity index (χ2n) is 7.84. The van der Waals surface area contributed by atoms with Gasteiger partial charge < -0.3 is 24.2 Å². The van der Waals surface area contributed by atoms with E-state index in [1.54, 1.807) is 4.90 Å². The lowest BCUT2D eigenvalue weighted by atomic mass is 9.97. The fourth-order valence-corrected chi connectivity index (χ4v) is 4.17. The van der Waals surface area contributed by atoms with E-state index in [9.17, 15) is 9.90 Å². The van der Waals surface area contributed by atoms with E-state index in [4.69, 9.17) is 14.2 Å². The van der Waals surface area contributed by atoms with Crippen LogP contribution in [0.1, 0.15) is 17.2 Å². The zero-order chi connectivity index (χ0) is 21.5. The van der Waals surface area contributed by atoms with E-state index in [-0.39, 0.29) is 31.3 Å². The van der Waals surface area contributed by atoms with Crippen LogP contribution in [0.5, 0.6) is 5.75 Å². The molecule has 0 spiro atoms. The zero-order valence-electron chi connectivity index (χ0n) is 17.7. The fourth-order valence-electron chi connectivity index (χ4n) is 4.17. The van der Waals surface area contributed by atoms with Gasteiger partial charge in [0.05, 0.1) is 32.5 Å². The maximum Gasteiger partial charge on any atom is 0.260 e. The number of carbonyl (C=O) groups is 1. The van der Waals surface area contributed by atoms with E-state index in [0.717, 1.165) is 24.2 Å². The van der Waals surface area contributed by atoms with Crippen LogP contribution < -0.4 is 4.74 Å². The van der Waals surface area contributed by atoms with Gasteiger partial charge in [0.15, 0.2) is 6.61 Å². The molecule has 0 saturated carbocycles. The van der Waals surface area contributed by atoms with Crippen LogP contribution in [0.4, 0.5) is 0 Å². The highest BCUT2D eigenvalue weighted by molar-refractivity contribution is 5.77. The molecule has 2 aliphatic heterocycles. The van der Waals surface area contributed by atoms with Crippen LogP contribution in [-0.2, 0) is 20.8 Å². The minimum atomic E-state index is -0.245. The summed E-state index contributed by atoms with van der Waals surface area (Å²) < 4.78 is 16.8. The Morgan fingerprint density at radius 3 is 2.45 bits per heavy atom. The van der Waals surface area contributed by atoms with Gasteiger partial charge in [-0.25, -0.2) is 0 Å². The SMILES string of the molecule is O=C(COc1ccc(CN2CCO[C@H](CO)[C@H]2c2ccccc2)cc1)N1CCOCC1. The molecule has 0 aromatic heterocycles. The van der Waals surface area contributed by atoms with Gasteiger partial charge in [-0.3, -0.25) is 9.69 Å². The Balaban J connectivity index is 1.36. The van der Waals surface area contributed by atoms with Crippen molar-refractivity contribution >= 4 is 5.91 Å². The molecule has 2 aromatic rings. The molecule has 7 heteroatoms. The van der Waals surface area contributed by atoms with Crippen LogP contribution in [0.3, 0.4) is 0 Å². The quantitative estimate of drug-likeness (QED) is 0.729. The lowest BCUT2D eigenvalue weighted by Crippen LogP contribution is -2.46. The van der Waals surface area contributed by atoms with Gasteiger partial charge in [0.1, 0.15) is 11.9 Å². The molecule has 2 atom stereocenters. The first-order chi connectivity index (χ1) is 15.2. The molecular weight excluding hydrogens is 396 g/mol. The first-order valence-corrected chi connectivity index (χ1v) is 10.8. The van der Waals surface area contributed by atoms with Gasteiger partial charge in [0.2, 0.25) is 0 Å².